The number of likely N-dealkylation sites (tertiary alicyclic amines) is 1. The van der Waals surface area contributed by atoms with E-state index in [0.717, 1.165) is 12.8 Å². The molecule has 0 radical (unpaired) electrons. The number of halogens is 1. The first-order valence-electron chi connectivity index (χ1n) is 15.5. The van der Waals surface area contributed by atoms with Gasteiger partial charge >= 0.3 is 6.09 Å². The molecular formula is C31H49FN4O8S. The summed E-state index contributed by atoms with van der Waals surface area (Å²) >= 11 is 0. The van der Waals surface area contributed by atoms with Crippen molar-refractivity contribution in [3.63, 3.8) is 0 Å². The lowest BCUT2D eigenvalue weighted by Crippen LogP contribution is -2.59. The van der Waals surface area contributed by atoms with Gasteiger partial charge < -0.3 is 25.4 Å². The lowest BCUT2D eigenvalue weighted by atomic mass is 9.88. The molecular weight excluding hydrogens is 607 g/mol. The maximum Gasteiger partial charge on any atom is 0.408 e. The summed E-state index contributed by atoms with van der Waals surface area (Å²) in [5, 5.41) is 15.8. The second-order valence-electron chi connectivity index (χ2n) is 14.0. The first-order chi connectivity index (χ1) is 20.8. The third-order valence-corrected chi connectivity index (χ3v) is 11.0. The number of amides is 4. The summed E-state index contributed by atoms with van der Waals surface area (Å²) in [4.78, 5) is 55.0. The molecule has 0 bridgehead atoms. The van der Waals surface area contributed by atoms with Crippen molar-refractivity contribution in [3.8, 4) is 0 Å². The molecule has 1 heterocycles. The maximum absolute atomic E-state index is 14.1. The van der Waals surface area contributed by atoms with Gasteiger partial charge in [0, 0.05) is 18.9 Å². The van der Waals surface area contributed by atoms with Crippen molar-refractivity contribution in [3.05, 3.63) is 25.3 Å². The van der Waals surface area contributed by atoms with Crippen LogP contribution >= 0.6 is 0 Å². The van der Waals surface area contributed by atoms with E-state index < -0.39 is 80.5 Å². The number of rotatable bonds is 15. The molecule has 3 rings (SSSR count). The highest BCUT2D eigenvalue weighted by atomic mass is 32.2. The number of aliphatic hydroxyl groups excluding tert-OH is 1. The molecule has 2 saturated carbocycles. The number of carbonyl (C=O) groups excluding carboxylic acids is 4. The van der Waals surface area contributed by atoms with Crippen LogP contribution in [0.15, 0.2) is 25.3 Å². The van der Waals surface area contributed by atoms with Crippen molar-refractivity contribution in [1.29, 1.82) is 0 Å². The van der Waals surface area contributed by atoms with Gasteiger partial charge in [0.05, 0.1) is 6.10 Å². The molecule has 14 heteroatoms. The summed E-state index contributed by atoms with van der Waals surface area (Å²) in [7, 11) is -4.34. The Morgan fingerprint density at radius 1 is 1.18 bits per heavy atom. The van der Waals surface area contributed by atoms with Crippen molar-refractivity contribution >= 4 is 33.8 Å². The van der Waals surface area contributed by atoms with Gasteiger partial charge in [-0.15, -0.1) is 13.2 Å². The van der Waals surface area contributed by atoms with Crippen LogP contribution in [0.3, 0.4) is 0 Å². The van der Waals surface area contributed by atoms with Gasteiger partial charge in [0.1, 0.15) is 34.6 Å². The average Bonchev–Trinajstić information content (AvgIpc) is 3.84. The molecule has 12 nitrogen and oxygen atoms in total. The maximum atomic E-state index is 14.1. The highest BCUT2D eigenvalue weighted by molar-refractivity contribution is 7.91. The summed E-state index contributed by atoms with van der Waals surface area (Å²) in [5.41, 5.74) is -2.50. The number of alkyl carbamates (subject to hydrolysis) is 1. The number of alkyl halides is 1. The van der Waals surface area contributed by atoms with Crippen LogP contribution in [-0.4, -0.2) is 89.5 Å². The minimum absolute atomic E-state index is 0.0535. The van der Waals surface area contributed by atoms with Crippen LogP contribution in [0.1, 0.15) is 79.6 Å². The fourth-order valence-electron chi connectivity index (χ4n) is 5.93. The number of sulfonamides is 1. The molecule has 7 atom stereocenters. The number of allylic oxidation sites excluding steroid dienone is 1. The van der Waals surface area contributed by atoms with Crippen molar-refractivity contribution in [2.24, 2.45) is 17.8 Å². The highest BCUT2D eigenvalue weighted by Crippen LogP contribution is 2.47. The first-order valence-corrected chi connectivity index (χ1v) is 17.0. The lowest BCUT2D eigenvalue weighted by Gasteiger charge is -2.33. The summed E-state index contributed by atoms with van der Waals surface area (Å²) in [5.74, 6) is -3.19. The number of aliphatic hydroxyl groups is 1. The van der Waals surface area contributed by atoms with Crippen molar-refractivity contribution in [2.45, 2.75) is 114 Å². The fraction of sp³-hybridized carbons (Fsp3) is 0.742. The normalized spacial score (nSPS) is 27.4. The lowest BCUT2D eigenvalue weighted by molar-refractivity contribution is -0.142. The summed E-state index contributed by atoms with van der Waals surface area (Å²) in [6.07, 6.45) is 3.60. The Morgan fingerprint density at radius 2 is 1.82 bits per heavy atom. The molecule has 4 amide bonds. The van der Waals surface area contributed by atoms with Gasteiger partial charge in [-0.25, -0.2) is 17.6 Å². The van der Waals surface area contributed by atoms with Gasteiger partial charge in [0.2, 0.25) is 21.8 Å². The Balaban J connectivity index is 1.82. The van der Waals surface area contributed by atoms with Gasteiger partial charge in [-0.2, -0.15) is 0 Å². The second kappa shape index (κ2) is 13.8. The van der Waals surface area contributed by atoms with E-state index in [2.05, 4.69) is 23.8 Å². The molecule has 3 fully saturated rings. The fourth-order valence-corrected chi connectivity index (χ4v) is 7.36. The van der Waals surface area contributed by atoms with E-state index in [1.165, 1.54) is 11.0 Å². The number of hydrogen-bond acceptors (Lipinski definition) is 8. The molecule has 254 valence electrons. The van der Waals surface area contributed by atoms with Gasteiger partial charge in [-0.05, 0) is 71.1 Å². The van der Waals surface area contributed by atoms with Gasteiger partial charge in [-0.3, -0.25) is 19.1 Å². The predicted octanol–water partition coefficient (Wildman–Crippen LogP) is 2.48. The molecule has 45 heavy (non-hydrogen) atoms. The van der Waals surface area contributed by atoms with Crippen LogP contribution in [0.4, 0.5) is 9.18 Å². The third-order valence-electron chi connectivity index (χ3n) is 8.91. The van der Waals surface area contributed by atoms with Crippen molar-refractivity contribution in [2.75, 3.05) is 13.2 Å². The summed E-state index contributed by atoms with van der Waals surface area (Å²) in [6, 6.07) is -2.31. The van der Waals surface area contributed by atoms with E-state index >= 15 is 0 Å². The molecule has 4 N–H and O–H groups in total. The van der Waals surface area contributed by atoms with Crippen LogP contribution < -0.4 is 15.4 Å². The largest absolute Gasteiger partial charge is 0.444 e. The van der Waals surface area contributed by atoms with Crippen LogP contribution in [0.25, 0.3) is 0 Å². The van der Waals surface area contributed by atoms with Crippen molar-refractivity contribution < 1.29 is 41.8 Å². The minimum Gasteiger partial charge on any atom is -0.444 e. The predicted molar refractivity (Wildman–Crippen MR) is 166 cm³/mol. The molecule has 2 unspecified atom stereocenters. The smallest absolute Gasteiger partial charge is 0.408 e. The van der Waals surface area contributed by atoms with Gasteiger partial charge in [0.15, 0.2) is 0 Å². The van der Waals surface area contributed by atoms with E-state index in [9.17, 15) is 37.1 Å². The SMILES string of the molecule is C=CCCC(C)C[C@@H](C)C(NC(=O)OC(C)(C)C)C(=O)N1C[C@H](O)C[C@H]1C(=O)N[C@]1(C(=O)NS(=O)(=O)C2(CF)CC2)C[C@H]1C=C. The number of nitrogens with zero attached hydrogens (tertiary/aromatic N) is 1. The number of hydrogen-bond donors (Lipinski definition) is 4. The molecule has 1 saturated heterocycles. The Bertz CT molecular complexity index is 1280. The van der Waals surface area contributed by atoms with Gasteiger partial charge in [-0.1, -0.05) is 26.0 Å². The molecule has 0 aromatic rings. The Hall–Kier alpha value is -3.00. The van der Waals surface area contributed by atoms with E-state index in [0.29, 0.717) is 6.42 Å². The molecule has 1 aliphatic heterocycles. The van der Waals surface area contributed by atoms with Crippen LogP contribution in [0.5, 0.6) is 0 Å². The van der Waals surface area contributed by atoms with E-state index in [4.69, 9.17) is 4.74 Å². The Labute approximate surface area is 265 Å². The highest BCUT2D eigenvalue weighted by Gasteiger charge is 2.63. The number of β-amino-alcohol motifs (C(OH)–C–C–N with tert-alkyl or cyclic N) is 1. The minimum atomic E-state index is -4.34. The number of ether oxygens (including phenoxy) is 1. The standard InChI is InChI=1S/C31H49FN4O8S/c1-8-10-11-19(3)14-20(4)24(33-28(41)44-29(5,6)7)26(39)36-17-22(37)15-23(36)25(38)34-31(16-21(31)9-2)27(40)35-45(42,43)30(18-32)12-13-30/h8-9,19-24,37H,1-2,10-18H2,3-7H3,(H,33,41)(H,34,38)(H,35,40)/t19?,20-,21-,22-,23+,24?,31-/m1/s1. The van der Waals surface area contributed by atoms with Crippen LogP contribution in [0, 0.1) is 17.8 Å². The molecule has 3 aliphatic rings. The van der Waals surface area contributed by atoms with Crippen LogP contribution in [-0.2, 0) is 29.1 Å². The second-order valence-corrected chi connectivity index (χ2v) is 16.0. The zero-order valence-electron chi connectivity index (χ0n) is 26.9. The Kier molecular flexibility index (Phi) is 11.2. The van der Waals surface area contributed by atoms with E-state index in [1.807, 2.05) is 24.6 Å². The summed E-state index contributed by atoms with van der Waals surface area (Å²) < 4.78 is 44.7. The molecule has 0 spiro atoms. The van der Waals surface area contributed by atoms with Crippen molar-refractivity contribution in [1.82, 2.24) is 20.3 Å². The summed E-state index contributed by atoms with van der Waals surface area (Å²) in [6.45, 7) is 15.0. The quantitative estimate of drug-likeness (QED) is 0.195. The molecule has 0 aromatic heterocycles. The monoisotopic (exact) mass is 656 g/mol. The van der Waals surface area contributed by atoms with E-state index in [1.54, 1.807) is 20.8 Å². The topological polar surface area (TPSA) is 171 Å². The first kappa shape index (κ1) is 36.5. The molecule has 2 aliphatic carbocycles. The third kappa shape index (κ3) is 8.43. The van der Waals surface area contributed by atoms with E-state index in [-0.39, 0.29) is 44.1 Å². The average molecular weight is 657 g/mol. The van der Waals surface area contributed by atoms with Gasteiger partial charge in [0.25, 0.3) is 5.91 Å². The number of nitrogens with one attached hydrogen (secondary N) is 3. The van der Waals surface area contributed by atoms with Crippen LogP contribution in [0.2, 0.25) is 0 Å². The number of carbonyl (C=O) groups is 4. The Morgan fingerprint density at radius 3 is 2.33 bits per heavy atom. The molecule has 0 aromatic carbocycles. The zero-order chi connectivity index (χ0) is 34.0. The zero-order valence-corrected chi connectivity index (χ0v) is 27.8.